The van der Waals surface area contributed by atoms with Crippen LogP contribution in [0.4, 0.5) is 0 Å². The first-order valence-electron chi connectivity index (χ1n) is 10.2. The molecule has 0 saturated heterocycles. The van der Waals surface area contributed by atoms with E-state index in [0.717, 1.165) is 23.7 Å². The molecular weight excluding hydrogens is 320 g/mol. The highest BCUT2D eigenvalue weighted by atomic mass is 16.5. The summed E-state index contributed by atoms with van der Waals surface area (Å²) in [4.78, 5) is 0. The molecule has 0 aromatic carbocycles. The molecule has 2 bridgehead atoms. The molecule has 0 aliphatic heterocycles. The minimum Gasteiger partial charge on any atom is -0.381 e. The molecule has 0 aromatic rings. The minimum atomic E-state index is 0. The van der Waals surface area contributed by atoms with Crippen molar-refractivity contribution >= 4 is 0 Å². The van der Waals surface area contributed by atoms with Gasteiger partial charge in [0.15, 0.2) is 0 Å². The lowest BCUT2D eigenvalue weighted by Gasteiger charge is -2.38. The lowest BCUT2D eigenvalue weighted by molar-refractivity contribution is -0.0200. The average molecular weight is 371 g/mol. The van der Waals surface area contributed by atoms with Crippen molar-refractivity contribution in [3.63, 3.8) is 0 Å². The van der Waals surface area contributed by atoms with Gasteiger partial charge in [-0.05, 0) is 66.6 Å². The van der Waals surface area contributed by atoms with Gasteiger partial charge in [-0.15, -0.1) is 0 Å². The van der Waals surface area contributed by atoms with Crippen molar-refractivity contribution < 1.29 is 9.47 Å². The van der Waals surface area contributed by atoms with Gasteiger partial charge in [-0.1, -0.05) is 62.8 Å². The van der Waals surface area contributed by atoms with Gasteiger partial charge in [-0.2, -0.15) is 0 Å². The maximum absolute atomic E-state index is 5.58. The summed E-state index contributed by atoms with van der Waals surface area (Å²) in [5.41, 5.74) is 0.958. The molecule has 6 atom stereocenters. The summed E-state index contributed by atoms with van der Waals surface area (Å²) in [6.45, 7) is 14.2. The van der Waals surface area contributed by atoms with Gasteiger partial charge in [0.2, 0.25) is 0 Å². The van der Waals surface area contributed by atoms with E-state index >= 15 is 0 Å². The molecule has 3 aliphatic carbocycles. The molecule has 0 radical (unpaired) electrons. The molecule has 158 valence electrons. The van der Waals surface area contributed by atoms with Crippen LogP contribution in [0.1, 0.15) is 94.9 Å². The molecule has 3 rings (SSSR count). The Balaban J connectivity index is 0.000000446. The van der Waals surface area contributed by atoms with E-state index in [4.69, 9.17) is 9.47 Å². The minimum absolute atomic E-state index is 0. The molecule has 0 N–H and O–H groups in total. The maximum Gasteiger partial charge on any atom is 0.0632 e. The number of rotatable bonds is 3. The Morgan fingerprint density at radius 3 is 1.85 bits per heavy atom. The van der Waals surface area contributed by atoms with E-state index < -0.39 is 0 Å². The van der Waals surface area contributed by atoms with Crippen LogP contribution in [-0.2, 0) is 9.47 Å². The van der Waals surface area contributed by atoms with Crippen LogP contribution in [0.15, 0.2) is 0 Å². The third kappa shape index (κ3) is 4.66. The quantitative estimate of drug-likeness (QED) is 0.522. The zero-order chi connectivity index (χ0) is 18.1. The smallest absolute Gasteiger partial charge is 0.0632 e. The Morgan fingerprint density at radius 1 is 0.885 bits per heavy atom. The third-order valence-electron chi connectivity index (χ3n) is 8.26. The average Bonchev–Trinajstić information content (AvgIpc) is 2.87. The zero-order valence-electron chi connectivity index (χ0n) is 17.5. The van der Waals surface area contributed by atoms with E-state index in [1.807, 2.05) is 14.2 Å². The van der Waals surface area contributed by atoms with Crippen molar-refractivity contribution in [2.24, 2.45) is 34.5 Å². The Morgan fingerprint density at radius 2 is 1.50 bits per heavy atom. The van der Waals surface area contributed by atoms with Crippen LogP contribution < -0.4 is 0 Å². The molecule has 2 nitrogen and oxygen atoms in total. The monoisotopic (exact) mass is 370 g/mol. The molecule has 3 fully saturated rings. The van der Waals surface area contributed by atoms with Gasteiger partial charge >= 0.3 is 0 Å². The van der Waals surface area contributed by atoms with Crippen molar-refractivity contribution in [3.05, 3.63) is 0 Å². The van der Waals surface area contributed by atoms with E-state index in [1.54, 1.807) is 0 Å². The van der Waals surface area contributed by atoms with Gasteiger partial charge in [-0.25, -0.2) is 0 Å². The largest absolute Gasteiger partial charge is 0.381 e. The summed E-state index contributed by atoms with van der Waals surface area (Å²) in [6.07, 6.45) is 9.13. The van der Waals surface area contributed by atoms with Crippen LogP contribution in [0.2, 0.25) is 0 Å². The number of methoxy groups -OCH3 is 2. The first-order chi connectivity index (χ1) is 11.2. The van der Waals surface area contributed by atoms with Crippen LogP contribution in [0, 0.1) is 34.5 Å². The topological polar surface area (TPSA) is 18.5 Å². The van der Waals surface area contributed by atoms with Crippen molar-refractivity contribution in [2.75, 3.05) is 14.2 Å². The van der Waals surface area contributed by atoms with E-state index in [2.05, 4.69) is 41.5 Å². The fraction of sp³-hybridized carbons (Fsp3) is 1.00. The number of hydrogen-bond acceptors (Lipinski definition) is 2. The lowest BCUT2D eigenvalue weighted by atomic mass is 9.70. The summed E-state index contributed by atoms with van der Waals surface area (Å²) in [6, 6.07) is 0. The Kier molecular flexibility index (Phi) is 9.89. The molecule has 2 heteroatoms. The van der Waals surface area contributed by atoms with E-state index in [9.17, 15) is 0 Å². The van der Waals surface area contributed by atoms with Crippen molar-refractivity contribution in [2.45, 2.75) is 107 Å². The zero-order valence-corrected chi connectivity index (χ0v) is 17.5. The summed E-state index contributed by atoms with van der Waals surface area (Å²) >= 11 is 0. The van der Waals surface area contributed by atoms with Gasteiger partial charge < -0.3 is 9.47 Å². The highest BCUT2D eigenvalue weighted by molar-refractivity contribution is 5.10. The lowest BCUT2D eigenvalue weighted by Crippen LogP contribution is -2.36. The Hall–Kier alpha value is -0.0800. The van der Waals surface area contributed by atoms with Gasteiger partial charge in [0.1, 0.15) is 0 Å². The standard InChI is InChI=1S/C11H20O.C11H22O.2CH4/c1-10(2)8-5-6-11(10,3)9(7-8)12-4;1-8(2)10-6-5-9(3)7-11(10)12-4;;/h8-9H,5-7H2,1-4H3;8-11H,5-7H2,1-4H3;2*1H4/t;9-,10+,11?;;/m.1../s1. The van der Waals surface area contributed by atoms with Gasteiger partial charge in [0.25, 0.3) is 0 Å². The predicted molar refractivity (Wildman–Crippen MR) is 116 cm³/mol. The van der Waals surface area contributed by atoms with E-state index in [0.29, 0.717) is 23.0 Å². The van der Waals surface area contributed by atoms with Crippen molar-refractivity contribution in [1.29, 1.82) is 0 Å². The highest BCUT2D eigenvalue weighted by Crippen LogP contribution is 2.66. The van der Waals surface area contributed by atoms with Crippen molar-refractivity contribution in [1.82, 2.24) is 0 Å². The summed E-state index contributed by atoms with van der Waals surface area (Å²) in [5.74, 6) is 3.35. The van der Waals surface area contributed by atoms with Crippen LogP contribution >= 0.6 is 0 Å². The van der Waals surface area contributed by atoms with Gasteiger partial charge in [0.05, 0.1) is 12.2 Å². The van der Waals surface area contributed by atoms with E-state index in [-0.39, 0.29) is 14.9 Å². The predicted octanol–water partition coefficient (Wildman–Crippen LogP) is 7.21. The first-order valence-corrected chi connectivity index (χ1v) is 10.2. The summed E-state index contributed by atoms with van der Waals surface area (Å²) < 4.78 is 11.1. The number of fused-ring (bicyclic) bond motifs is 2. The second-order valence-electron chi connectivity index (χ2n) is 9.94. The molecule has 0 amide bonds. The molecule has 0 heterocycles. The molecule has 26 heavy (non-hydrogen) atoms. The van der Waals surface area contributed by atoms with Gasteiger partial charge in [-0.3, -0.25) is 0 Å². The summed E-state index contributed by atoms with van der Waals surface area (Å²) in [7, 11) is 3.73. The SMILES string of the molecule is C.C.COC1CC2CCC1(C)C2(C)C.COC1C[C@H](C)CC[C@H]1C(C)C. The second-order valence-corrected chi connectivity index (χ2v) is 9.94. The van der Waals surface area contributed by atoms with Crippen LogP contribution in [-0.4, -0.2) is 26.4 Å². The molecule has 0 spiro atoms. The molecule has 4 unspecified atom stereocenters. The molecule has 3 saturated carbocycles. The number of hydrogen-bond donors (Lipinski definition) is 0. The Bertz CT molecular complexity index is 403. The highest BCUT2D eigenvalue weighted by Gasteiger charge is 2.61. The molecule has 3 aliphatic rings. The fourth-order valence-electron chi connectivity index (χ4n) is 5.87. The van der Waals surface area contributed by atoms with Crippen LogP contribution in [0.5, 0.6) is 0 Å². The second kappa shape index (κ2) is 9.92. The fourth-order valence-corrected chi connectivity index (χ4v) is 5.87. The first kappa shape index (κ1) is 25.9. The van der Waals surface area contributed by atoms with Crippen LogP contribution in [0.3, 0.4) is 0 Å². The Labute approximate surface area is 165 Å². The molecule has 0 aromatic heterocycles. The summed E-state index contributed by atoms with van der Waals surface area (Å²) in [5, 5.41) is 0. The number of ether oxygens (including phenoxy) is 2. The van der Waals surface area contributed by atoms with Crippen LogP contribution in [0.25, 0.3) is 0 Å². The maximum atomic E-state index is 5.58. The van der Waals surface area contributed by atoms with Gasteiger partial charge in [0, 0.05) is 14.2 Å². The third-order valence-corrected chi connectivity index (χ3v) is 8.26. The van der Waals surface area contributed by atoms with E-state index in [1.165, 1.54) is 38.5 Å². The normalized spacial score (nSPS) is 40.3. The molecular formula is C24H50O2. The van der Waals surface area contributed by atoms with Crippen molar-refractivity contribution in [3.8, 4) is 0 Å².